The normalized spacial score (nSPS) is 12.0. The van der Waals surface area contributed by atoms with Crippen LogP contribution in [-0.2, 0) is 11.3 Å². The molecule has 3 amide bonds. The molecule has 0 bridgehead atoms. The number of urea groups is 1. The summed E-state index contributed by atoms with van der Waals surface area (Å²) in [5, 5.41) is 10.7. The number of amides is 3. The number of nitrogens with zero attached hydrogens (tertiary/aromatic N) is 3. The van der Waals surface area contributed by atoms with Gasteiger partial charge in [-0.2, -0.15) is 0 Å². The summed E-state index contributed by atoms with van der Waals surface area (Å²) >= 11 is 1.23. The molecule has 26 heavy (non-hydrogen) atoms. The largest absolute Gasteiger partial charge is 0.497 e. The van der Waals surface area contributed by atoms with Crippen LogP contribution in [0.4, 0.5) is 4.79 Å². The first kappa shape index (κ1) is 19.8. The first-order valence-electron chi connectivity index (χ1n) is 8.16. The minimum atomic E-state index is -0.870. The van der Waals surface area contributed by atoms with Gasteiger partial charge >= 0.3 is 6.03 Å². The number of carbonyl (C=O) groups is 2. The van der Waals surface area contributed by atoms with E-state index in [9.17, 15) is 9.59 Å². The monoisotopic (exact) mass is 377 g/mol. The molecule has 0 saturated heterocycles. The van der Waals surface area contributed by atoms with E-state index in [1.165, 1.54) is 11.8 Å². The van der Waals surface area contributed by atoms with Crippen molar-refractivity contribution < 1.29 is 14.3 Å². The number of hydrogen-bond acceptors (Lipinski definition) is 6. The lowest BCUT2D eigenvalue weighted by Gasteiger charge is -2.14. The summed E-state index contributed by atoms with van der Waals surface area (Å²) in [7, 11) is 1.61. The Morgan fingerprint density at radius 1 is 1.23 bits per heavy atom. The number of methoxy groups -OCH3 is 1. The number of rotatable bonds is 7. The number of ether oxygens (including phenoxy) is 1. The highest BCUT2D eigenvalue weighted by molar-refractivity contribution is 8.00. The lowest BCUT2D eigenvalue weighted by Crippen LogP contribution is -2.39. The third-order valence-electron chi connectivity index (χ3n) is 3.51. The molecule has 0 unspecified atom stereocenters. The minimum Gasteiger partial charge on any atom is -0.497 e. The average molecular weight is 377 g/mol. The summed E-state index contributed by atoms with van der Waals surface area (Å²) in [5.41, 5.74) is 5.90. The van der Waals surface area contributed by atoms with Gasteiger partial charge in [-0.15, -0.1) is 10.2 Å². The molecule has 2 aromatic rings. The smallest absolute Gasteiger partial charge is 0.318 e. The van der Waals surface area contributed by atoms with Crippen LogP contribution in [0, 0.1) is 5.92 Å². The van der Waals surface area contributed by atoms with Crippen LogP contribution < -0.4 is 15.8 Å². The molecule has 0 aliphatic rings. The van der Waals surface area contributed by atoms with Crippen molar-refractivity contribution in [1.29, 1.82) is 0 Å². The summed E-state index contributed by atoms with van der Waals surface area (Å²) in [5.74, 6) is 1.37. The van der Waals surface area contributed by atoms with Crippen molar-refractivity contribution in [3.8, 4) is 17.1 Å². The number of thioether (sulfide) groups is 1. The first-order chi connectivity index (χ1) is 12.3. The highest BCUT2D eigenvalue weighted by Crippen LogP contribution is 2.28. The molecule has 0 spiro atoms. The Hall–Kier alpha value is -2.55. The van der Waals surface area contributed by atoms with E-state index in [1.807, 2.05) is 28.8 Å². The molecular formula is C17H23N5O3S. The second-order valence-corrected chi connectivity index (χ2v) is 7.46. The molecule has 0 aliphatic heterocycles. The Kier molecular flexibility index (Phi) is 6.62. The van der Waals surface area contributed by atoms with E-state index in [2.05, 4.69) is 29.4 Å². The number of nitrogens with one attached hydrogen (secondary N) is 1. The van der Waals surface area contributed by atoms with E-state index in [4.69, 9.17) is 10.5 Å². The predicted octanol–water partition coefficient (Wildman–Crippen LogP) is 2.29. The molecule has 1 aromatic carbocycles. The molecule has 1 heterocycles. The van der Waals surface area contributed by atoms with Crippen LogP contribution in [0.1, 0.15) is 20.8 Å². The third-order valence-corrected chi connectivity index (χ3v) is 4.59. The third kappa shape index (κ3) is 4.98. The van der Waals surface area contributed by atoms with Crippen LogP contribution in [0.5, 0.6) is 5.75 Å². The zero-order chi connectivity index (χ0) is 19.3. The highest BCUT2D eigenvalue weighted by Gasteiger charge is 2.22. The molecule has 0 saturated carbocycles. The molecular weight excluding hydrogens is 354 g/mol. The Bertz CT molecular complexity index is 773. The van der Waals surface area contributed by atoms with Gasteiger partial charge in [-0.3, -0.25) is 10.1 Å². The van der Waals surface area contributed by atoms with Gasteiger partial charge in [0.1, 0.15) is 5.75 Å². The van der Waals surface area contributed by atoms with E-state index < -0.39 is 17.2 Å². The maximum atomic E-state index is 11.9. The van der Waals surface area contributed by atoms with Gasteiger partial charge in [-0.25, -0.2) is 4.79 Å². The second kappa shape index (κ2) is 8.70. The van der Waals surface area contributed by atoms with Gasteiger partial charge in [0.2, 0.25) is 5.91 Å². The fourth-order valence-corrected chi connectivity index (χ4v) is 3.15. The Morgan fingerprint density at radius 3 is 2.42 bits per heavy atom. The van der Waals surface area contributed by atoms with Crippen molar-refractivity contribution in [2.24, 2.45) is 11.7 Å². The lowest BCUT2D eigenvalue weighted by molar-refractivity contribution is -0.119. The van der Waals surface area contributed by atoms with Gasteiger partial charge in [0, 0.05) is 12.1 Å². The van der Waals surface area contributed by atoms with Crippen LogP contribution >= 0.6 is 11.8 Å². The Balaban J connectivity index is 2.30. The van der Waals surface area contributed by atoms with Gasteiger partial charge in [-0.05, 0) is 37.1 Å². The maximum absolute atomic E-state index is 11.9. The molecule has 140 valence electrons. The van der Waals surface area contributed by atoms with Gasteiger partial charge in [0.25, 0.3) is 0 Å². The van der Waals surface area contributed by atoms with Crippen LogP contribution in [0.15, 0.2) is 29.4 Å². The zero-order valence-corrected chi connectivity index (χ0v) is 16.0. The van der Waals surface area contributed by atoms with Gasteiger partial charge < -0.3 is 15.0 Å². The number of hydrogen-bond donors (Lipinski definition) is 2. The van der Waals surface area contributed by atoms with Gasteiger partial charge in [0.05, 0.1) is 12.4 Å². The fourth-order valence-electron chi connectivity index (χ4n) is 2.29. The molecule has 0 aliphatic carbocycles. The molecule has 0 fully saturated rings. The number of carbonyl (C=O) groups excluding carboxylic acids is 2. The van der Waals surface area contributed by atoms with Crippen molar-refractivity contribution in [3.63, 3.8) is 0 Å². The Labute approximate surface area is 156 Å². The summed E-state index contributed by atoms with van der Waals surface area (Å²) in [6.45, 7) is 6.57. The van der Waals surface area contributed by atoms with Gasteiger partial charge in [-0.1, -0.05) is 25.6 Å². The van der Waals surface area contributed by atoms with Crippen molar-refractivity contribution in [2.75, 3.05) is 7.11 Å². The van der Waals surface area contributed by atoms with Crippen LogP contribution in [-0.4, -0.2) is 39.1 Å². The summed E-state index contributed by atoms with van der Waals surface area (Å²) in [6, 6.07) is 6.68. The van der Waals surface area contributed by atoms with Crippen molar-refractivity contribution >= 4 is 23.7 Å². The molecule has 3 N–H and O–H groups in total. The van der Waals surface area contributed by atoms with Gasteiger partial charge in [0.15, 0.2) is 11.0 Å². The lowest BCUT2D eigenvalue weighted by atomic mass is 10.2. The summed E-state index contributed by atoms with van der Waals surface area (Å²) in [4.78, 5) is 22.8. The standard InChI is InChI=1S/C17H23N5O3S/c1-10(2)9-22-14(12-5-7-13(25-4)8-6-12)20-21-17(22)26-11(3)15(23)19-16(18)24/h5-8,10-11H,9H2,1-4H3,(H3,18,19,23,24)/t11-/m0/s1. The first-order valence-corrected chi connectivity index (χ1v) is 9.04. The number of imide groups is 1. The molecule has 0 radical (unpaired) electrons. The fraction of sp³-hybridized carbons (Fsp3) is 0.412. The molecule has 2 rings (SSSR count). The predicted molar refractivity (Wildman–Crippen MR) is 99.9 cm³/mol. The summed E-state index contributed by atoms with van der Waals surface area (Å²) < 4.78 is 7.16. The van der Waals surface area contributed by atoms with E-state index in [0.717, 1.165) is 11.3 Å². The van der Waals surface area contributed by atoms with Crippen LogP contribution in [0.2, 0.25) is 0 Å². The maximum Gasteiger partial charge on any atom is 0.318 e. The van der Waals surface area contributed by atoms with Crippen LogP contribution in [0.3, 0.4) is 0 Å². The molecule has 8 nitrogen and oxygen atoms in total. The second-order valence-electron chi connectivity index (χ2n) is 6.15. The van der Waals surface area contributed by atoms with E-state index in [0.29, 0.717) is 23.4 Å². The average Bonchev–Trinajstić information content (AvgIpc) is 2.96. The summed E-state index contributed by atoms with van der Waals surface area (Å²) in [6.07, 6.45) is 0. The zero-order valence-electron chi connectivity index (χ0n) is 15.2. The number of primary amides is 1. The quantitative estimate of drug-likeness (QED) is 0.716. The molecule has 9 heteroatoms. The number of aromatic nitrogens is 3. The molecule has 1 atom stereocenters. The SMILES string of the molecule is COc1ccc(-c2nnc(S[C@@H](C)C(=O)NC(N)=O)n2CC(C)C)cc1. The number of benzene rings is 1. The molecule has 1 aromatic heterocycles. The Morgan fingerprint density at radius 2 is 1.88 bits per heavy atom. The van der Waals surface area contributed by atoms with E-state index in [-0.39, 0.29) is 0 Å². The van der Waals surface area contributed by atoms with E-state index in [1.54, 1.807) is 14.0 Å². The van der Waals surface area contributed by atoms with E-state index >= 15 is 0 Å². The highest BCUT2D eigenvalue weighted by atomic mass is 32.2. The van der Waals surface area contributed by atoms with Crippen molar-refractivity contribution in [3.05, 3.63) is 24.3 Å². The van der Waals surface area contributed by atoms with Crippen molar-refractivity contribution in [2.45, 2.75) is 37.7 Å². The van der Waals surface area contributed by atoms with Crippen LogP contribution in [0.25, 0.3) is 11.4 Å². The van der Waals surface area contributed by atoms with Crippen molar-refractivity contribution in [1.82, 2.24) is 20.1 Å². The number of nitrogens with two attached hydrogens (primary N) is 1. The topological polar surface area (TPSA) is 112 Å². The minimum absolute atomic E-state index is 0.358.